The molecular formula is C27H32F3N3O3S. The van der Waals surface area contributed by atoms with Gasteiger partial charge >= 0.3 is 6.18 Å². The number of rotatable bonds is 7. The zero-order valence-electron chi connectivity index (χ0n) is 20.9. The third-order valence-corrected chi connectivity index (χ3v) is 7.81. The van der Waals surface area contributed by atoms with Crippen LogP contribution in [0, 0.1) is 17.0 Å². The highest BCUT2D eigenvalue weighted by Gasteiger charge is 2.39. The van der Waals surface area contributed by atoms with Crippen molar-refractivity contribution in [2.75, 3.05) is 32.7 Å². The molecule has 37 heavy (non-hydrogen) atoms. The number of nitrogens with zero attached hydrogens (tertiary/aromatic N) is 3. The van der Waals surface area contributed by atoms with Crippen molar-refractivity contribution in [3.8, 4) is 5.75 Å². The molecule has 10 heteroatoms. The average molecular weight is 536 g/mol. The molecule has 0 amide bonds. The minimum atomic E-state index is -4.83. The Hall–Kier alpha value is -2.72. The second kappa shape index (κ2) is 11.8. The number of thiocarbonyl (C=S) groups is 1. The van der Waals surface area contributed by atoms with Crippen LogP contribution in [0.1, 0.15) is 54.7 Å². The summed E-state index contributed by atoms with van der Waals surface area (Å²) >= 11 is 5.69. The van der Waals surface area contributed by atoms with Gasteiger partial charge in [-0.15, -0.1) is 0 Å². The van der Waals surface area contributed by atoms with E-state index in [0.717, 1.165) is 56.0 Å². The number of benzene rings is 2. The van der Waals surface area contributed by atoms with Crippen LogP contribution in [0.5, 0.6) is 5.75 Å². The van der Waals surface area contributed by atoms with Crippen LogP contribution in [0.2, 0.25) is 0 Å². The van der Waals surface area contributed by atoms with Crippen molar-refractivity contribution < 1.29 is 22.8 Å². The maximum Gasteiger partial charge on any atom is 0.423 e. The Labute approximate surface area is 220 Å². The molecule has 4 rings (SSSR count). The summed E-state index contributed by atoms with van der Waals surface area (Å²) in [4.78, 5) is 15.5. The van der Waals surface area contributed by atoms with Crippen LogP contribution in [0.4, 0.5) is 18.9 Å². The van der Waals surface area contributed by atoms with E-state index in [4.69, 9.17) is 17.0 Å². The Morgan fingerprint density at radius 2 is 1.70 bits per heavy atom. The maximum atomic E-state index is 13.2. The molecule has 2 saturated heterocycles. The van der Waals surface area contributed by atoms with E-state index in [0.29, 0.717) is 31.8 Å². The van der Waals surface area contributed by atoms with E-state index in [2.05, 4.69) is 41.0 Å². The Kier molecular flexibility index (Phi) is 8.69. The molecule has 0 saturated carbocycles. The summed E-state index contributed by atoms with van der Waals surface area (Å²) < 4.78 is 45.5. The summed E-state index contributed by atoms with van der Waals surface area (Å²) in [5, 5.41) is 11.0. The highest BCUT2D eigenvalue weighted by Crippen LogP contribution is 2.38. The minimum absolute atomic E-state index is 0.00649. The average Bonchev–Trinajstić information content (AvgIpc) is 2.88. The number of halogens is 3. The van der Waals surface area contributed by atoms with Crippen LogP contribution in [0.15, 0.2) is 42.5 Å². The topological polar surface area (TPSA) is 58.8 Å². The van der Waals surface area contributed by atoms with Gasteiger partial charge in [-0.25, -0.2) is 0 Å². The molecule has 2 aliphatic rings. The first kappa shape index (κ1) is 27.3. The summed E-state index contributed by atoms with van der Waals surface area (Å²) in [5.41, 5.74) is 0.442. The highest BCUT2D eigenvalue weighted by molar-refractivity contribution is 7.80. The van der Waals surface area contributed by atoms with Crippen LogP contribution in [-0.4, -0.2) is 58.5 Å². The lowest BCUT2D eigenvalue weighted by Gasteiger charge is -2.36. The lowest BCUT2D eigenvalue weighted by atomic mass is 9.89. The molecule has 0 atom stereocenters. The van der Waals surface area contributed by atoms with Gasteiger partial charge in [0, 0.05) is 45.0 Å². The van der Waals surface area contributed by atoms with Crippen molar-refractivity contribution in [2.24, 2.45) is 0 Å². The second-order valence-corrected chi connectivity index (χ2v) is 10.4. The Morgan fingerprint density at radius 1 is 1.05 bits per heavy atom. The monoisotopic (exact) mass is 535 g/mol. The number of nitro groups is 1. The third-order valence-electron chi connectivity index (χ3n) is 7.35. The van der Waals surface area contributed by atoms with Gasteiger partial charge in [0.15, 0.2) is 0 Å². The number of alkyl halides is 3. The number of aryl methyl sites for hydroxylation is 1. The molecular weight excluding hydrogens is 503 g/mol. The van der Waals surface area contributed by atoms with Crippen LogP contribution >= 0.6 is 12.2 Å². The van der Waals surface area contributed by atoms with Crippen LogP contribution in [0.3, 0.4) is 0 Å². The van der Waals surface area contributed by atoms with E-state index < -0.39 is 22.4 Å². The molecule has 2 fully saturated rings. The molecule has 200 valence electrons. The maximum absolute atomic E-state index is 13.2. The van der Waals surface area contributed by atoms with Gasteiger partial charge in [-0.1, -0.05) is 42.0 Å². The molecule has 2 heterocycles. The van der Waals surface area contributed by atoms with Crippen molar-refractivity contribution in [3.05, 3.63) is 69.3 Å². The van der Waals surface area contributed by atoms with Gasteiger partial charge in [-0.3, -0.25) is 10.1 Å². The number of nitro benzene ring substituents is 1. The number of ether oxygens (including phenoxy) is 1. The second-order valence-electron chi connectivity index (χ2n) is 9.91. The summed E-state index contributed by atoms with van der Waals surface area (Å²) in [7, 11) is 0. The van der Waals surface area contributed by atoms with Crippen molar-refractivity contribution >= 4 is 22.9 Å². The summed E-state index contributed by atoms with van der Waals surface area (Å²) in [6.45, 7) is 6.52. The number of piperidine rings is 2. The molecule has 0 unspecified atom stereocenters. The van der Waals surface area contributed by atoms with Crippen molar-refractivity contribution in [3.63, 3.8) is 0 Å². The SMILES string of the molecule is Cc1ccc(C2CCN(CCC(=S)N3CCC(Oc4ccc([N+](=O)[O-])c(C(F)(F)F)c4)CC3)CC2)cc1. The first-order chi connectivity index (χ1) is 17.6. The highest BCUT2D eigenvalue weighted by atomic mass is 32.1. The van der Waals surface area contributed by atoms with Gasteiger partial charge in [0.2, 0.25) is 0 Å². The fourth-order valence-corrected chi connectivity index (χ4v) is 5.40. The number of hydrogen-bond donors (Lipinski definition) is 0. The van der Waals surface area contributed by atoms with E-state index >= 15 is 0 Å². The predicted molar refractivity (Wildman–Crippen MR) is 140 cm³/mol. The fraction of sp³-hybridized carbons (Fsp3) is 0.519. The molecule has 6 nitrogen and oxygen atoms in total. The largest absolute Gasteiger partial charge is 0.490 e. The molecule has 2 aliphatic heterocycles. The first-order valence-corrected chi connectivity index (χ1v) is 13.1. The Bertz CT molecular complexity index is 1090. The normalized spacial score (nSPS) is 18.1. The molecule has 0 radical (unpaired) electrons. The van der Waals surface area contributed by atoms with Crippen LogP contribution in [0.25, 0.3) is 0 Å². The Morgan fingerprint density at radius 3 is 2.30 bits per heavy atom. The number of likely N-dealkylation sites (tertiary alicyclic amines) is 2. The molecule has 0 aliphatic carbocycles. The predicted octanol–water partition coefficient (Wildman–Crippen LogP) is 6.36. The van der Waals surface area contributed by atoms with Crippen molar-refractivity contribution in [2.45, 2.75) is 57.2 Å². The smallest absolute Gasteiger partial charge is 0.423 e. The number of hydrogen-bond acceptors (Lipinski definition) is 5. The summed E-state index contributed by atoms with van der Waals surface area (Å²) in [5.74, 6) is 0.610. The molecule has 0 bridgehead atoms. The van der Waals surface area contributed by atoms with E-state index in [1.807, 2.05) is 0 Å². The van der Waals surface area contributed by atoms with Gasteiger partial charge in [0.25, 0.3) is 5.69 Å². The lowest BCUT2D eigenvalue weighted by molar-refractivity contribution is -0.388. The van der Waals surface area contributed by atoms with Crippen LogP contribution < -0.4 is 4.74 Å². The zero-order chi connectivity index (χ0) is 26.6. The van der Waals surface area contributed by atoms with E-state index in [9.17, 15) is 23.3 Å². The zero-order valence-corrected chi connectivity index (χ0v) is 21.7. The van der Waals surface area contributed by atoms with Gasteiger partial charge < -0.3 is 14.5 Å². The van der Waals surface area contributed by atoms with Crippen molar-refractivity contribution in [1.82, 2.24) is 9.80 Å². The standard InChI is InChI=1S/C27H32F3N3O3S/c1-19-2-4-20(5-3-19)21-8-13-31(14-9-21)15-12-26(37)32-16-10-22(11-17-32)36-23-6-7-25(33(34)35)24(18-23)27(28,29)30/h2-7,18,21-22H,8-17H2,1H3. The summed E-state index contributed by atoms with van der Waals surface area (Å²) in [6, 6.07) is 11.7. The van der Waals surface area contributed by atoms with E-state index in [1.54, 1.807) is 0 Å². The quantitative estimate of drug-likeness (QED) is 0.234. The molecule has 2 aromatic rings. The third kappa shape index (κ3) is 7.19. The minimum Gasteiger partial charge on any atom is -0.490 e. The van der Waals surface area contributed by atoms with Crippen LogP contribution in [-0.2, 0) is 6.18 Å². The molecule has 0 N–H and O–H groups in total. The molecule has 0 spiro atoms. The van der Waals surface area contributed by atoms with Gasteiger partial charge in [-0.2, -0.15) is 13.2 Å². The molecule has 2 aromatic carbocycles. The Balaban J connectivity index is 1.20. The van der Waals surface area contributed by atoms with Crippen molar-refractivity contribution in [1.29, 1.82) is 0 Å². The first-order valence-electron chi connectivity index (χ1n) is 12.7. The summed E-state index contributed by atoms with van der Waals surface area (Å²) in [6.07, 6.45) is -0.724. The molecule has 0 aromatic heterocycles. The van der Waals surface area contributed by atoms with Gasteiger partial charge in [0.1, 0.15) is 17.4 Å². The fourth-order valence-electron chi connectivity index (χ4n) is 5.13. The van der Waals surface area contributed by atoms with Gasteiger partial charge in [0.05, 0.1) is 9.91 Å². The lowest BCUT2D eigenvalue weighted by Crippen LogP contribution is -2.42. The van der Waals surface area contributed by atoms with E-state index in [-0.39, 0.29) is 11.9 Å². The van der Waals surface area contributed by atoms with E-state index in [1.165, 1.54) is 17.2 Å². The van der Waals surface area contributed by atoms with Gasteiger partial charge in [-0.05, 0) is 56.5 Å².